The van der Waals surface area contributed by atoms with Gasteiger partial charge in [0.15, 0.2) is 0 Å². The molecule has 6 nitrogen and oxygen atoms in total. The van der Waals surface area contributed by atoms with Gasteiger partial charge in [-0.25, -0.2) is 4.79 Å². The van der Waals surface area contributed by atoms with Crippen LogP contribution in [0.2, 0.25) is 0 Å². The molecule has 1 aromatic rings. The van der Waals surface area contributed by atoms with Crippen LogP contribution in [0.3, 0.4) is 0 Å². The number of carboxylic acids is 1. The molecule has 28 heavy (non-hydrogen) atoms. The Morgan fingerprint density at radius 3 is 2.46 bits per heavy atom. The first-order valence-corrected chi connectivity index (χ1v) is 9.86. The Balaban J connectivity index is 2.15. The summed E-state index contributed by atoms with van der Waals surface area (Å²) in [5, 5.41) is 9.47. The lowest BCUT2D eigenvalue weighted by Crippen LogP contribution is -2.64. The molecule has 1 saturated carbocycles. The highest BCUT2D eigenvalue weighted by Crippen LogP contribution is 2.57. The van der Waals surface area contributed by atoms with Crippen molar-refractivity contribution in [2.45, 2.75) is 52.2 Å². The van der Waals surface area contributed by atoms with E-state index >= 15 is 0 Å². The van der Waals surface area contributed by atoms with Crippen molar-refractivity contribution >= 4 is 11.9 Å². The van der Waals surface area contributed by atoms with E-state index in [0.717, 1.165) is 24.7 Å². The predicted octanol–water partition coefficient (Wildman–Crippen LogP) is 3.46. The Hall–Kier alpha value is -2.50. The summed E-state index contributed by atoms with van der Waals surface area (Å²) in [5.74, 6) is -3.15. The first kappa shape index (κ1) is 20.2. The van der Waals surface area contributed by atoms with Gasteiger partial charge in [0.1, 0.15) is 11.7 Å². The van der Waals surface area contributed by atoms with Gasteiger partial charge in [-0.2, -0.15) is 0 Å². The highest BCUT2D eigenvalue weighted by molar-refractivity contribution is 5.86. The summed E-state index contributed by atoms with van der Waals surface area (Å²) in [6, 6.07) is 9.52. The summed E-state index contributed by atoms with van der Waals surface area (Å²) < 4.78 is 12.0. The van der Waals surface area contributed by atoms with Crippen molar-refractivity contribution in [3.05, 3.63) is 47.9 Å². The van der Waals surface area contributed by atoms with Crippen LogP contribution >= 0.6 is 0 Å². The Morgan fingerprint density at radius 2 is 1.93 bits per heavy atom. The van der Waals surface area contributed by atoms with E-state index in [4.69, 9.17) is 15.2 Å². The third kappa shape index (κ3) is 3.25. The molecule has 3 N–H and O–H groups in total. The number of benzene rings is 1. The number of ether oxygens (including phenoxy) is 2. The number of carbonyl (C=O) groups excluding carboxylic acids is 1. The van der Waals surface area contributed by atoms with E-state index in [2.05, 4.69) is 20.8 Å². The number of hydrogen-bond donors (Lipinski definition) is 2. The van der Waals surface area contributed by atoms with E-state index in [1.54, 1.807) is 0 Å². The normalized spacial score (nSPS) is 32.4. The molecule has 6 heteroatoms. The van der Waals surface area contributed by atoms with Crippen LogP contribution in [0.25, 0.3) is 0 Å². The summed E-state index contributed by atoms with van der Waals surface area (Å²) in [7, 11) is 0. The number of aliphatic carboxylic acids is 1. The van der Waals surface area contributed by atoms with Crippen LogP contribution in [0, 0.1) is 23.2 Å². The molecule has 1 fully saturated rings. The average Bonchev–Trinajstić information content (AvgIpc) is 3.07. The molecule has 152 valence electrons. The summed E-state index contributed by atoms with van der Waals surface area (Å²) in [5.41, 5.74) is 5.82. The van der Waals surface area contributed by atoms with Crippen LogP contribution in [0.5, 0.6) is 0 Å². The fourth-order valence-corrected chi connectivity index (χ4v) is 5.09. The number of carbonyl (C=O) groups is 2. The number of hydrogen-bond acceptors (Lipinski definition) is 4. The van der Waals surface area contributed by atoms with E-state index < -0.39 is 23.1 Å². The third-order valence-corrected chi connectivity index (χ3v) is 6.32. The molecule has 1 aliphatic carbocycles. The van der Waals surface area contributed by atoms with Gasteiger partial charge < -0.3 is 20.3 Å². The molecule has 0 bridgehead atoms. The smallest absolute Gasteiger partial charge is 0.374 e. The maximum atomic E-state index is 13.1. The van der Waals surface area contributed by atoms with Crippen LogP contribution in [0.4, 0.5) is 0 Å². The Labute approximate surface area is 165 Å². The zero-order chi connectivity index (χ0) is 20.5. The lowest BCUT2D eigenvalue weighted by Gasteiger charge is -2.53. The molecule has 4 unspecified atom stereocenters. The monoisotopic (exact) mass is 387 g/mol. The second kappa shape index (κ2) is 7.49. The molecule has 0 radical (unpaired) electrons. The first-order valence-electron chi connectivity index (χ1n) is 9.86. The fraction of sp³-hybridized carbons (Fsp3) is 0.545. The molecule has 1 aromatic carbocycles. The van der Waals surface area contributed by atoms with Gasteiger partial charge in [-0.1, -0.05) is 57.5 Å². The lowest BCUT2D eigenvalue weighted by molar-refractivity contribution is -0.257. The summed E-state index contributed by atoms with van der Waals surface area (Å²) in [4.78, 5) is 24.7. The molecule has 0 aromatic heterocycles. The van der Waals surface area contributed by atoms with Crippen LogP contribution < -0.4 is 5.73 Å². The zero-order valence-electron chi connectivity index (χ0n) is 16.7. The van der Waals surface area contributed by atoms with E-state index in [0.29, 0.717) is 6.42 Å². The van der Waals surface area contributed by atoms with Crippen LogP contribution in [0.15, 0.2) is 42.4 Å². The largest absolute Gasteiger partial charge is 0.475 e. The third-order valence-electron chi connectivity index (χ3n) is 6.32. The standard InChI is InChI=1S/C22H29NO5/c1-14(2)17-10-9-15(3)11-21(17,20(23)26)22(12-16-7-5-4-6-8-16)27-13-18(28-22)19(24)25/h4-8,13-15,17H,9-12H2,1-3H3,(H2,23,26)(H,24,25). The molecule has 1 aliphatic heterocycles. The van der Waals surface area contributed by atoms with Crippen molar-refractivity contribution in [2.75, 3.05) is 0 Å². The van der Waals surface area contributed by atoms with Gasteiger partial charge in [0, 0.05) is 0 Å². The van der Waals surface area contributed by atoms with E-state index in [1.807, 2.05) is 30.3 Å². The molecule has 0 spiro atoms. The number of nitrogens with two attached hydrogens (primary N) is 1. The molecule has 1 amide bonds. The second-order valence-electron chi connectivity index (χ2n) is 8.50. The zero-order valence-corrected chi connectivity index (χ0v) is 16.7. The summed E-state index contributed by atoms with van der Waals surface area (Å²) >= 11 is 0. The van der Waals surface area contributed by atoms with E-state index in [9.17, 15) is 14.7 Å². The maximum Gasteiger partial charge on any atom is 0.374 e. The first-order chi connectivity index (χ1) is 13.2. The van der Waals surface area contributed by atoms with Crippen molar-refractivity contribution in [2.24, 2.45) is 28.9 Å². The van der Waals surface area contributed by atoms with Gasteiger partial charge in [-0.05, 0) is 36.2 Å². The van der Waals surface area contributed by atoms with Gasteiger partial charge in [-0.15, -0.1) is 0 Å². The van der Waals surface area contributed by atoms with Crippen LogP contribution in [0.1, 0.15) is 45.6 Å². The second-order valence-corrected chi connectivity index (χ2v) is 8.50. The Bertz CT molecular complexity index is 774. The van der Waals surface area contributed by atoms with Crippen molar-refractivity contribution in [3.8, 4) is 0 Å². The van der Waals surface area contributed by atoms with E-state index in [-0.39, 0.29) is 29.9 Å². The molecular weight excluding hydrogens is 358 g/mol. The van der Waals surface area contributed by atoms with Gasteiger partial charge in [-0.3, -0.25) is 4.79 Å². The maximum absolute atomic E-state index is 13.1. The minimum absolute atomic E-state index is 0.0774. The number of rotatable bonds is 6. The summed E-state index contributed by atoms with van der Waals surface area (Å²) in [6.07, 6.45) is 3.65. The van der Waals surface area contributed by atoms with Crippen molar-refractivity contribution < 1.29 is 24.2 Å². The highest BCUT2D eigenvalue weighted by atomic mass is 16.7. The van der Waals surface area contributed by atoms with Crippen molar-refractivity contribution in [3.63, 3.8) is 0 Å². The van der Waals surface area contributed by atoms with Gasteiger partial charge in [0.05, 0.1) is 6.42 Å². The lowest BCUT2D eigenvalue weighted by atomic mass is 9.54. The van der Waals surface area contributed by atoms with Gasteiger partial charge >= 0.3 is 5.97 Å². The number of primary amides is 1. The fourth-order valence-electron chi connectivity index (χ4n) is 5.09. The quantitative estimate of drug-likeness (QED) is 0.779. The molecule has 3 rings (SSSR count). The highest BCUT2D eigenvalue weighted by Gasteiger charge is 2.67. The number of carboxylic acid groups (broad SMARTS) is 1. The molecular formula is C22H29NO5. The minimum atomic E-state index is -1.47. The molecule has 0 saturated heterocycles. The Kier molecular flexibility index (Phi) is 5.41. The predicted molar refractivity (Wildman–Crippen MR) is 104 cm³/mol. The number of amides is 1. The van der Waals surface area contributed by atoms with Gasteiger partial charge in [0.2, 0.25) is 11.7 Å². The Morgan fingerprint density at radius 1 is 1.25 bits per heavy atom. The van der Waals surface area contributed by atoms with Crippen molar-refractivity contribution in [1.29, 1.82) is 0 Å². The average molecular weight is 387 g/mol. The van der Waals surface area contributed by atoms with E-state index in [1.165, 1.54) is 0 Å². The molecule has 1 heterocycles. The molecule has 2 aliphatic rings. The van der Waals surface area contributed by atoms with Crippen LogP contribution in [-0.4, -0.2) is 22.8 Å². The SMILES string of the molecule is CC1CCC(C(C)C)C(C(N)=O)(C2(Cc3ccccc3)OC=C(C(=O)O)O2)C1. The van der Waals surface area contributed by atoms with Gasteiger partial charge in [0.25, 0.3) is 5.79 Å². The van der Waals surface area contributed by atoms with Crippen molar-refractivity contribution in [1.82, 2.24) is 0 Å². The van der Waals surface area contributed by atoms with Crippen LogP contribution in [-0.2, 0) is 25.5 Å². The summed E-state index contributed by atoms with van der Waals surface area (Å²) in [6.45, 7) is 6.22. The minimum Gasteiger partial charge on any atom is -0.475 e. The topological polar surface area (TPSA) is 98.9 Å². The molecule has 4 atom stereocenters.